The molecule has 0 aliphatic rings. The molecule has 0 spiro atoms. The zero-order chi connectivity index (χ0) is 11.6. The van der Waals surface area contributed by atoms with Crippen LogP contribution in [0, 0.1) is 11.3 Å². The molecule has 1 rings (SSSR count). The highest BCUT2D eigenvalue weighted by Crippen LogP contribution is 2.35. The smallest absolute Gasteiger partial charge is 0.410 e. The number of carboxylic acid groups (broad SMARTS) is 1. The summed E-state index contributed by atoms with van der Waals surface area (Å²) < 4.78 is 36.6. The minimum Gasteiger partial charge on any atom is -0.476 e. The Morgan fingerprint density at radius 2 is 2.27 bits per heavy atom. The van der Waals surface area contributed by atoms with Gasteiger partial charge in [-0.3, -0.25) is 0 Å². The lowest BCUT2D eigenvalue weighted by molar-refractivity contribution is -0.137. The van der Waals surface area contributed by atoms with Gasteiger partial charge in [-0.2, -0.15) is 18.4 Å². The van der Waals surface area contributed by atoms with E-state index in [-0.39, 0.29) is 0 Å². The van der Waals surface area contributed by atoms with E-state index >= 15 is 0 Å². The van der Waals surface area contributed by atoms with E-state index in [9.17, 15) is 18.0 Å². The number of nitrogens with zero attached hydrogens (tertiary/aromatic N) is 2. The Kier molecular flexibility index (Phi) is 2.95. The Hall–Kier alpha value is -1.62. The molecule has 1 aromatic rings. The third kappa shape index (κ3) is 2.44. The Morgan fingerprint density at radius 1 is 1.67 bits per heavy atom. The van der Waals surface area contributed by atoms with E-state index in [0.29, 0.717) is 11.3 Å². The van der Waals surface area contributed by atoms with Crippen molar-refractivity contribution in [2.45, 2.75) is 12.1 Å². The number of hydrogen-bond acceptors (Lipinski definition) is 4. The van der Waals surface area contributed by atoms with Gasteiger partial charge in [0.05, 0.1) is 6.07 Å². The van der Waals surface area contributed by atoms with Gasteiger partial charge in [0.1, 0.15) is 5.01 Å². The summed E-state index contributed by atoms with van der Waals surface area (Å²) in [5.74, 6) is -3.79. The highest BCUT2D eigenvalue weighted by Gasteiger charge is 2.43. The molecule has 0 aliphatic heterocycles. The molecule has 0 fully saturated rings. The number of aromatic carboxylic acids is 1. The Labute approximate surface area is 85.6 Å². The normalized spacial score (nSPS) is 13.2. The predicted molar refractivity (Wildman–Crippen MR) is 43.5 cm³/mol. The van der Waals surface area contributed by atoms with Gasteiger partial charge < -0.3 is 5.11 Å². The van der Waals surface area contributed by atoms with Crippen molar-refractivity contribution in [3.8, 4) is 6.07 Å². The second-order valence-electron chi connectivity index (χ2n) is 2.48. The molecule has 0 saturated heterocycles. The van der Waals surface area contributed by atoms with E-state index in [4.69, 9.17) is 10.4 Å². The number of halogens is 3. The van der Waals surface area contributed by atoms with Crippen molar-refractivity contribution in [1.82, 2.24) is 4.98 Å². The first-order chi connectivity index (χ1) is 6.86. The van der Waals surface area contributed by atoms with Gasteiger partial charge in [-0.05, 0) is 0 Å². The van der Waals surface area contributed by atoms with Crippen molar-refractivity contribution in [3.63, 3.8) is 0 Å². The van der Waals surface area contributed by atoms with Gasteiger partial charge in [-0.25, -0.2) is 9.78 Å². The van der Waals surface area contributed by atoms with E-state index in [2.05, 4.69) is 4.98 Å². The van der Waals surface area contributed by atoms with Crippen molar-refractivity contribution in [2.24, 2.45) is 0 Å². The molecule has 1 heterocycles. The molecule has 0 radical (unpaired) electrons. The summed E-state index contributed by atoms with van der Waals surface area (Å²) in [6.07, 6.45) is -4.73. The van der Waals surface area contributed by atoms with Crippen molar-refractivity contribution >= 4 is 17.3 Å². The topological polar surface area (TPSA) is 74.0 Å². The number of carboxylic acids is 1. The maximum absolute atomic E-state index is 12.2. The number of aromatic nitrogens is 1. The van der Waals surface area contributed by atoms with Crippen LogP contribution >= 0.6 is 11.3 Å². The van der Waals surface area contributed by atoms with Crippen LogP contribution in [0.3, 0.4) is 0 Å². The average molecular weight is 236 g/mol. The number of rotatable bonds is 2. The largest absolute Gasteiger partial charge is 0.476 e. The lowest BCUT2D eigenvalue weighted by atomic mass is 10.2. The first-order valence-corrected chi connectivity index (χ1v) is 4.39. The van der Waals surface area contributed by atoms with E-state index in [1.54, 1.807) is 0 Å². The lowest BCUT2D eigenvalue weighted by Gasteiger charge is -2.09. The van der Waals surface area contributed by atoms with Crippen LogP contribution in [-0.4, -0.2) is 22.2 Å². The van der Waals surface area contributed by atoms with Crippen LogP contribution in [0.15, 0.2) is 5.38 Å². The molecular weight excluding hydrogens is 233 g/mol. The molecule has 0 bridgehead atoms. The van der Waals surface area contributed by atoms with Crippen LogP contribution in [0.2, 0.25) is 0 Å². The highest BCUT2D eigenvalue weighted by atomic mass is 32.1. The summed E-state index contributed by atoms with van der Waals surface area (Å²) in [7, 11) is 0. The molecule has 15 heavy (non-hydrogen) atoms. The Morgan fingerprint density at radius 3 is 2.60 bits per heavy atom. The van der Waals surface area contributed by atoms with Crippen molar-refractivity contribution < 1.29 is 23.1 Å². The van der Waals surface area contributed by atoms with Crippen molar-refractivity contribution in [3.05, 3.63) is 16.1 Å². The molecule has 0 aromatic carbocycles. The highest BCUT2D eigenvalue weighted by molar-refractivity contribution is 7.10. The standard InChI is InChI=1S/C7H3F3N2O2S/c8-7(9,10)3(1-11)5-12-4(2-15-5)6(13)14/h2-3H,(H,13,14). The number of alkyl halides is 3. The van der Waals surface area contributed by atoms with Crippen LogP contribution in [0.4, 0.5) is 13.2 Å². The number of nitriles is 1. The van der Waals surface area contributed by atoms with Gasteiger partial charge >= 0.3 is 12.1 Å². The minimum atomic E-state index is -4.73. The molecule has 80 valence electrons. The van der Waals surface area contributed by atoms with Gasteiger partial charge in [0.25, 0.3) is 0 Å². The molecule has 1 aromatic heterocycles. The van der Waals surface area contributed by atoms with Crippen LogP contribution in [-0.2, 0) is 0 Å². The first kappa shape index (κ1) is 11.5. The van der Waals surface area contributed by atoms with Gasteiger partial charge in [0.2, 0.25) is 0 Å². The molecule has 0 aliphatic carbocycles. The maximum atomic E-state index is 12.2. The van der Waals surface area contributed by atoms with Gasteiger partial charge in [-0.1, -0.05) is 0 Å². The van der Waals surface area contributed by atoms with E-state index in [1.807, 2.05) is 0 Å². The quantitative estimate of drug-likeness (QED) is 0.852. The third-order valence-electron chi connectivity index (χ3n) is 1.44. The number of carbonyl (C=O) groups is 1. The zero-order valence-electron chi connectivity index (χ0n) is 6.95. The zero-order valence-corrected chi connectivity index (χ0v) is 7.76. The molecule has 4 nitrogen and oxygen atoms in total. The Balaban J connectivity index is 3.05. The second kappa shape index (κ2) is 3.86. The first-order valence-electron chi connectivity index (χ1n) is 3.51. The fraction of sp³-hybridized carbons (Fsp3) is 0.286. The molecular formula is C7H3F3N2O2S. The minimum absolute atomic E-state index is 0.487. The molecule has 1 N–H and O–H groups in total. The molecule has 0 saturated carbocycles. The summed E-state index contributed by atoms with van der Waals surface area (Å²) in [4.78, 5) is 13.6. The van der Waals surface area contributed by atoms with Crippen LogP contribution < -0.4 is 0 Å². The van der Waals surface area contributed by atoms with Gasteiger partial charge in [0.15, 0.2) is 11.6 Å². The fourth-order valence-corrected chi connectivity index (χ4v) is 1.65. The maximum Gasteiger partial charge on any atom is 0.410 e. The van der Waals surface area contributed by atoms with Gasteiger partial charge in [0, 0.05) is 5.38 Å². The molecule has 1 unspecified atom stereocenters. The molecule has 8 heteroatoms. The van der Waals surface area contributed by atoms with E-state index < -0.39 is 28.8 Å². The lowest BCUT2D eigenvalue weighted by Crippen LogP contribution is -2.19. The summed E-state index contributed by atoms with van der Waals surface area (Å²) in [5, 5.41) is 17.2. The van der Waals surface area contributed by atoms with Gasteiger partial charge in [-0.15, -0.1) is 11.3 Å². The van der Waals surface area contributed by atoms with Crippen molar-refractivity contribution in [1.29, 1.82) is 5.26 Å². The fourth-order valence-electron chi connectivity index (χ4n) is 0.787. The predicted octanol–water partition coefficient (Wildman–Crippen LogP) is 2.01. The summed E-state index contributed by atoms with van der Waals surface area (Å²) in [6.45, 7) is 0. The van der Waals surface area contributed by atoms with Crippen LogP contribution in [0.5, 0.6) is 0 Å². The SMILES string of the molecule is N#CC(c1nc(C(=O)O)cs1)C(F)(F)F. The molecule has 1 atom stereocenters. The van der Waals surface area contributed by atoms with E-state index in [0.717, 1.165) is 11.4 Å². The monoisotopic (exact) mass is 236 g/mol. The number of hydrogen-bond donors (Lipinski definition) is 1. The average Bonchev–Trinajstić information content (AvgIpc) is 2.51. The summed E-state index contributed by atoms with van der Waals surface area (Å²) >= 11 is 0.503. The summed E-state index contributed by atoms with van der Waals surface area (Å²) in [6, 6.07) is 1.04. The van der Waals surface area contributed by atoms with E-state index in [1.165, 1.54) is 0 Å². The third-order valence-corrected chi connectivity index (χ3v) is 2.35. The van der Waals surface area contributed by atoms with Crippen LogP contribution in [0.25, 0.3) is 0 Å². The van der Waals surface area contributed by atoms with Crippen molar-refractivity contribution in [2.75, 3.05) is 0 Å². The van der Waals surface area contributed by atoms with Crippen LogP contribution in [0.1, 0.15) is 21.4 Å². The second-order valence-corrected chi connectivity index (χ2v) is 3.37. The Bertz CT molecular complexity index is 421. The molecule has 0 amide bonds. The summed E-state index contributed by atoms with van der Waals surface area (Å²) in [5.41, 5.74) is -0.487. The number of thiazole rings is 1.